The molecule has 1 rings (SSSR count). The van der Waals surface area contributed by atoms with Crippen molar-refractivity contribution in [1.82, 2.24) is 0 Å². The van der Waals surface area contributed by atoms with Gasteiger partial charge < -0.3 is 10.2 Å². The van der Waals surface area contributed by atoms with E-state index in [2.05, 4.69) is 0 Å². The van der Waals surface area contributed by atoms with E-state index in [1.165, 1.54) is 24.3 Å². The van der Waals surface area contributed by atoms with Crippen molar-refractivity contribution >= 4 is 0 Å². The van der Waals surface area contributed by atoms with Crippen molar-refractivity contribution in [3.63, 3.8) is 0 Å². The second-order valence-corrected chi connectivity index (χ2v) is 2.69. The van der Waals surface area contributed by atoms with Crippen LogP contribution < -0.4 is 0 Å². The number of hydrogen-bond acceptors (Lipinski definition) is 2. The number of benzene rings is 1. The van der Waals surface area contributed by atoms with Gasteiger partial charge in [-0.1, -0.05) is 30.3 Å². The monoisotopic (exact) mass is 188 g/mol. The first-order valence-corrected chi connectivity index (χ1v) is 3.81. The Hall–Kier alpha value is -1.00. The summed E-state index contributed by atoms with van der Waals surface area (Å²) in [6.45, 7) is -0.956. The van der Waals surface area contributed by atoms with Gasteiger partial charge in [-0.3, -0.25) is 0 Å². The van der Waals surface area contributed by atoms with Gasteiger partial charge in [0.25, 0.3) is 0 Å². The third-order valence-electron chi connectivity index (χ3n) is 1.75. The molecule has 2 nitrogen and oxygen atoms in total. The lowest BCUT2D eigenvalue weighted by Gasteiger charge is -2.20. The molecule has 0 aromatic heterocycles. The Kier molecular flexibility index (Phi) is 2.95. The van der Waals surface area contributed by atoms with Gasteiger partial charge in [0.2, 0.25) is 0 Å². The Bertz CT molecular complexity index is 262. The van der Waals surface area contributed by atoms with Crippen molar-refractivity contribution in [2.24, 2.45) is 0 Å². The molecule has 1 aromatic rings. The van der Waals surface area contributed by atoms with Crippen molar-refractivity contribution in [3.05, 3.63) is 35.9 Å². The second kappa shape index (κ2) is 3.81. The minimum atomic E-state index is -3.39. The number of hydrogen-bond donors (Lipinski definition) is 2. The molecule has 1 unspecified atom stereocenters. The zero-order chi connectivity index (χ0) is 9.90. The van der Waals surface area contributed by atoms with Gasteiger partial charge in [0.05, 0.1) is 6.61 Å². The quantitative estimate of drug-likeness (QED) is 0.746. The lowest BCUT2D eigenvalue weighted by Crippen LogP contribution is -2.33. The van der Waals surface area contributed by atoms with Crippen LogP contribution in [-0.2, 0) is 5.92 Å². The van der Waals surface area contributed by atoms with E-state index in [9.17, 15) is 8.78 Å². The molecule has 0 spiro atoms. The van der Waals surface area contributed by atoms with Crippen LogP contribution in [0.5, 0.6) is 0 Å². The van der Waals surface area contributed by atoms with E-state index in [0.717, 1.165) is 0 Å². The molecular weight excluding hydrogens is 178 g/mol. The first-order chi connectivity index (χ1) is 6.09. The van der Waals surface area contributed by atoms with Gasteiger partial charge in [-0.15, -0.1) is 0 Å². The number of rotatable bonds is 3. The Morgan fingerprint density at radius 2 is 1.77 bits per heavy atom. The van der Waals surface area contributed by atoms with E-state index in [-0.39, 0.29) is 5.56 Å². The highest BCUT2D eigenvalue weighted by Crippen LogP contribution is 2.31. The third-order valence-corrected chi connectivity index (χ3v) is 1.75. The van der Waals surface area contributed by atoms with Crippen LogP contribution in [0.1, 0.15) is 5.56 Å². The van der Waals surface area contributed by atoms with Gasteiger partial charge in [0.1, 0.15) is 6.10 Å². The van der Waals surface area contributed by atoms with Gasteiger partial charge in [-0.05, 0) is 0 Å². The molecule has 0 bridgehead atoms. The summed E-state index contributed by atoms with van der Waals surface area (Å²) in [6, 6.07) is 6.92. The Morgan fingerprint density at radius 3 is 2.23 bits per heavy atom. The van der Waals surface area contributed by atoms with Crippen LogP contribution in [-0.4, -0.2) is 22.9 Å². The predicted molar refractivity (Wildman–Crippen MR) is 43.4 cm³/mol. The maximum Gasteiger partial charge on any atom is 0.300 e. The van der Waals surface area contributed by atoms with Gasteiger partial charge in [0, 0.05) is 5.56 Å². The summed E-state index contributed by atoms with van der Waals surface area (Å²) in [5.74, 6) is -3.39. The molecule has 1 atom stereocenters. The zero-order valence-corrected chi connectivity index (χ0v) is 6.82. The van der Waals surface area contributed by atoms with Crippen LogP contribution >= 0.6 is 0 Å². The van der Waals surface area contributed by atoms with Crippen LogP contribution in [0.25, 0.3) is 0 Å². The molecule has 4 heteroatoms. The zero-order valence-electron chi connectivity index (χ0n) is 6.82. The summed E-state index contributed by atoms with van der Waals surface area (Å²) in [7, 11) is 0. The first kappa shape index (κ1) is 10.1. The maximum absolute atomic E-state index is 13.1. The normalized spacial score (nSPS) is 14.2. The molecule has 2 N–H and O–H groups in total. The lowest BCUT2D eigenvalue weighted by molar-refractivity contribution is -0.131. The van der Waals surface area contributed by atoms with Crippen LogP contribution in [0.2, 0.25) is 0 Å². The molecule has 0 radical (unpaired) electrons. The lowest BCUT2D eigenvalue weighted by atomic mass is 10.0. The summed E-state index contributed by atoms with van der Waals surface area (Å²) in [6.07, 6.45) is -2.05. The molecule has 0 heterocycles. The molecule has 0 aliphatic heterocycles. The standard InChI is InChI=1S/C9H10F2O2/c10-9(11,8(13)6-12)7-4-2-1-3-5-7/h1-5,8,12-13H,6H2. The van der Waals surface area contributed by atoms with Gasteiger partial charge in [-0.25, -0.2) is 0 Å². The van der Waals surface area contributed by atoms with Crippen molar-refractivity contribution in [2.45, 2.75) is 12.0 Å². The SMILES string of the molecule is OCC(O)C(F)(F)c1ccccc1. The fraction of sp³-hybridized carbons (Fsp3) is 0.333. The smallest absolute Gasteiger partial charge is 0.300 e. The Morgan fingerprint density at radius 1 is 1.23 bits per heavy atom. The van der Waals surface area contributed by atoms with Crippen LogP contribution in [0.3, 0.4) is 0 Å². The van der Waals surface area contributed by atoms with Crippen LogP contribution in [0.15, 0.2) is 30.3 Å². The van der Waals surface area contributed by atoms with Crippen molar-refractivity contribution in [1.29, 1.82) is 0 Å². The molecule has 0 aliphatic rings. The molecule has 1 aromatic carbocycles. The number of halogens is 2. The number of alkyl halides is 2. The largest absolute Gasteiger partial charge is 0.393 e. The van der Waals surface area contributed by atoms with Crippen molar-refractivity contribution in [3.8, 4) is 0 Å². The van der Waals surface area contributed by atoms with Gasteiger partial charge in [-0.2, -0.15) is 8.78 Å². The highest BCUT2D eigenvalue weighted by molar-refractivity contribution is 5.21. The number of aliphatic hydroxyl groups is 2. The van der Waals surface area contributed by atoms with E-state index in [4.69, 9.17) is 10.2 Å². The van der Waals surface area contributed by atoms with Gasteiger partial charge >= 0.3 is 5.92 Å². The van der Waals surface area contributed by atoms with Crippen molar-refractivity contribution in [2.75, 3.05) is 6.61 Å². The van der Waals surface area contributed by atoms with Crippen LogP contribution in [0.4, 0.5) is 8.78 Å². The highest BCUT2D eigenvalue weighted by Gasteiger charge is 2.39. The average molecular weight is 188 g/mol. The highest BCUT2D eigenvalue weighted by atomic mass is 19.3. The molecular formula is C9H10F2O2. The minimum absolute atomic E-state index is 0.295. The fourth-order valence-corrected chi connectivity index (χ4v) is 0.967. The van der Waals surface area contributed by atoms with Crippen LogP contribution in [0, 0.1) is 0 Å². The van der Waals surface area contributed by atoms with E-state index >= 15 is 0 Å². The topological polar surface area (TPSA) is 40.5 Å². The molecule has 13 heavy (non-hydrogen) atoms. The van der Waals surface area contributed by atoms with Crippen molar-refractivity contribution < 1.29 is 19.0 Å². The Labute approximate surface area is 74.4 Å². The van der Waals surface area contributed by atoms with Gasteiger partial charge in [0.15, 0.2) is 0 Å². The third kappa shape index (κ3) is 2.02. The second-order valence-electron chi connectivity index (χ2n) is 2.69. The van der Waals surface area contributed by atoms with E-state index < -0.39 is 18.6 Å². The molecule has 0 amide bonds. The molecule has 72 valence electrons. The summed E-state index contributed by atoms with van der Waals surface area (Å²) >= 11 is 0. The summed E-state index contributed by atoms with van der Waals surface area (Å²) in [4.78, 5) is 0. The minimum Gasteiger partial charge on any atom is -0.393 e. The molecule has 0 aliphatic carbocycles. The van der Waals surface area contributed by atoms with E-state index in [1.807, 2.05) is 0 Å². The average Bonchev–Trinajstić information content (AvgIpc) is 2.18. The van der Waals surface area contributed by atoms with E-state index in [1.54, 1.807) is 6.07 Å². The summed E-state index contributed by atoms with van der Waals surface area (Å²) < 4.78 is 26.3. The molecule has 0 fully saturated rings. The summed E-state index contributed by atoms with van der Waals surface area (Å²) in [5.41, 5.74) is -0.295. The summed E-state index contributed by atoms with van der Waals surface area (Å²) in [5, 5.41) is 17.2. The molecule has 0 saturated carbocycles. The molecule has 0 saturated heterocycles. The van der Waals surface area contributed by atoms with E-state index in [0.29, 0.717) is 0 Å². The Balaban J connectivity index is 2.93. The fourth-order valence-electron chi connectivity index (χ4n) is 0.967. The predicted octanol–water partition coefficient (Wildman–Crippen LogP) is 1.13. The maximum atomic E-state index is 13.1. The number of aliphatic hydroxyl groups excluding tert-OH is 2. The first-order valence-electron chi connectivity index (χ1n) is 3.81.